The summed E-state index contributed by atoms with van der Waals surface area (Å²) >= 11 is 0. The lowest BCUT2D eigenvalue weighted by atomic mass is 10.1. The molecule has 2 N–H and O–H groups in total. The van der Waals surface area contributed by atoms with Crippen LogP contribution in [-0.4, -0.2) is 15.0 Å². The maximum atomic E-state index is 13.4. The van der Waals surface area contributed by atoms with Gasteiger partial charge in [-0.15, -0.1) is 5.10 Å². The number of rotatable bonds is 3. The Morgan fingerprint density at radius 2 is 1.85 bits per heavy atom. The van der Waals surface area contributed by atoms with Crippen molar-refractivity contribution in [3.8, 4) is 16.9 Å². The van der Waals surface area contributed by atoms with Gasteiger partial charge in [0.15, 0.2) is 0 Å². The Labute approximate surface area is 115 Å². The molecular weight excluding hydrogens is 255 g/mol. The van der Waals surface area contributed by atoms with E-state index in [0.717, 1.165) is 11.3 Å². The number of nitrogens with two attached hydrogens (primary N) is 1. The number of halogens is 1. The zero-order chi connectivity index (χ0) is 13.9. The van der Waals surface area contributed by atoms with Gasteiger partial charge in [-0.3, -0.25) is 0 Å². The molecule has 1 aromatic heterocycles. The van der Waals surface area contributed by atoms with Crippen LogP contribution in [0, 0.1) is 5.82 Å². The highest BCUT2D eigenvalue weighted by Gasteiger charge is 2.15. The predicted octanol–water partition coefficient (Wildman–Crippen LogP) is 2.53. The molecule has 0 fully saturated rings. The largest absolute Gasteiger partial charge is 0.325 e. The van der Waals surface area contributed by atoms with Gasteiger partial charge in [0.1, 0.15) is 11.5 Å². The Hall–Kier alpha value is -2.53. The quantitative estimate of drug-likeness (QED) is 0.794. The minimum atomic E-state index is -0.314. The number of nitrogens with zero attached hydrogens (tertiary/aromatic N) is 3. The van der Waals surface area contributed by atoms with Crippen molar-refractivity contribution < 1.29 is 4.39 Å². The number of benzene rings is 2. The highest BCUT2D eigenvalue weighted by Crippen LogP contribution is 2.25. The molecule has 3 aromatic rings. The Balaban J connectivity index is 2.20. The second-order valence-corrected chi connectivity index (χ2v) is 4.35. The molecule has 0 aliphatic rings. The fourth-order valence-electron chi connectivity index (χ4n) is 2.12. The molecule has 3 rings (SSSR count). The van der Waals surface area contributed by atoms with E-state index in [1.54, 1.807) is 16.8 Å². The normalized spacial score (nSPS) is 10.7. The van der Waals surface area contributed by atoms with Crippen LogP contribution in [0.5, 0.6) is 0 Å². The maximum absolute atomic E-state index is 13.4. The summed E-state index contributed by atoms with van der Waals surface area (Å²) in [6.07, 6.45) is 0. The van der Waals surface area contributed by atoms with Gasteiger partial charge >= 0.3 is 0 Å². The lowest BCUT2D eigenvalue weighted by Crippen LogP contribution is -2.02. The number of hydrogen-bond acceptors (Lipinski definition) is 3. The van der Waals surface area contributed by atoms with Crippen LogP contribution in [0.4, 0.5) is 4.39 Å². The van der Waals surface area contributed by atoms with Crippen molar-refractivity contribution >= 4 is 0 Å². The highest BCUT2D eigenvalue weighted by molar-refractivity contribution is 5.64. The van der Waals surface area contributed by atoms with Gasteiger partial charge < -0.3 is 5.73 Å². The molecule has 0 bridgehead atoms. The van der Waals surface area contributed by atoms with E-state index in [2.05, 4.69) is 10.3 Å². The molecule has 0 saturated carbocycles. The molecule has 0 spiro atoms. The van der Waals surface area contributed by atoms with Crippen molar-refractivity contribution in [2.24, 2.45) is 5.73 Å². The van der Waals surface area contributed by atoms with Gasteiger partial charge in [-0.1, -0.05) is 41.6 Å². The third-order valence-electron chi connectivity index (χ3n) is 3.03. The fourth-order valence-corrected chi connectivity index (χ4v) is 2.12. The van der Waals surface area contributed by atoms with Gasteiger partial charge in [-0.25, -0.2) is 9.07 Å². The van der Waals surface area contributed by atoms with Crippen molar-refractivity contribution in [1.29, 1.82) is 0 Å². The van der Waals surface area contributed by atoms with Crippen LogP contribution in [0.1, 0.15) is 5.69 Å². The summed E-state index contributed by atoms with van der Waals surface area (Å²) in [5.41, 5.74) is 8.76. The van der Waals surface area contributed by atoms with Gasteiger partial charge in [0.25, 0.3) is 0 Å². The average molecular weight is 268 g/mol. The van der Waals surface area contributed by atoms with Crippen molar-refractivity contribution in [3.63, 3.8) is 0 Å². The zero-order valence-corrected chi connectivity index (χ0v) is 10.7. The van der Waals surface area contributed by atoms with Crippen LogP contribution in [0.2, 0.25) is 0 Å². The Morgan fingerprint density at radius 3 is 2.55 bits per heavy atom. The van der Waals surface area contributed by atoms with Crippen LogP contribution >= 0.6 is 0 Å². The minimum Gasteiger partial charge on any atom is -0.325 e. The van der Waals surface area contributed by atoms with E-state index in [0.29, 0.717) is 11.4 Å². The Bertz CT molecular complexity index is 722. The van der Waals surface area contributed by atoms with Gasteiger partial charge in [0, 0.05) is 12.1 Å². The summed E-state index contributed by atoms with van der Waals surface area (Å²) in [5, 5.41) is 8.18. The van der Waals surface area contributed by atoms with Crippen LogP contribution in [0.25, 0.3) is 16.9 Å². The molecule has 0 unspecified atom stereocenters. The zero-order valence-electron chi connectivity index (χ0n) is 10.7. The first-order valence-corrected chi connectivity index (χ1v) is 6.25. The minimum absolute atomic E-state index is 0.277. The second-order valence-electron chi connectivity index (χ2n) is 4.35. The van der Waals surface area contributed by atoms with E-state index in [1.165, 1.54) is 12.1 Å². The van der Waals surface area contributed by atoms with Gasteiger partial charge in [0.2, 0.25) is 0 Å². The first kappa shape index (κ1) is 12.5. The third kappa shape index (κ3) is 2.19. The van der Waals surface area contributed by atoms with E-state index < -0.39 is 0 Å². The summed E-state index contributed by atoms with van der Waals surface area (Å²) in [6.45, 7) is 0.277. The fraction of sp³-hybridized carbons (Fsp3) is 0.0667. The maximum Gasteiger partial charge on any atom is 0.125 e. The molecule has 0 aliphatic carbocycles. The Morgan fingerprint density at radius 1 is 1.05 bits per heavy atom. The van der Waals surface area contributed by atoms with Gasteiger partial charge in [0.05, 0.1) is 11.4 Å². The van der Waals surface area contributed by atoms with E-state index in [-0.39, 0.29) is 12.4 Å². The van der Waals surface area contributed by atoms with Crippen LogP contribution in [-0.2, 0) is 6.54 Å². The summed E-state index contributed by atoms with van der Waals surface area (Å²) in [5.74, 6) is -0.314. The molecule has 20 heavy (non-hydrogen) atoms. The first-order valence-electron chi connectivity index (χ1n) is 6.25. The molecule has 0 amide bonds. The standard InChI is InChI=1S/C15H13FN4/c16-12-7-4-8-13(9-12)20-15(14(10-17)18-19-20)11-5-2-1-3-6-11/h1-9H,10,17H2. The number of hydrogen-bond donors (Lipinski definition) is 1. The third-order valence-corrected chi connectivity index (χ3v) is 3.03. The van der Waals surface area contributed by atoms with E-state index in [1.807, 2.05) is 30.3 Å². The summed E-state index contributed by atoms with van der Waals surface area (Å²) in [7, 11) is 0. The molecular formula is C15H13FN4. The van der Waals surface area contributed by atoms with Crippen LogP contribution < -0.4 is 5.73 Å². The van der Waals surface area contributed by atoms with Crippen LogP contribution in [0.3, 0.4) is 0 Å². The van der Waals surface area contributed by atoms with E-state index >= 15 is 0 Å². The molecule has 0 atom stereocenters. The van der Waals surface area contributed by atoms with Gasteiger partial charge in [-0.05, 0) is 18.2 Å². The van der Waals surface area contributed by atoms with Crippen molar-refractivity contribution in [1.82, 2.24) is 15.0 Å². The number of aromatic nitrogens is 3. The summed E-state index contributed by atoms with van der Waals surface area (Å²) in [4.78, 5) is 0. The van der Waals surface area contributed by atoms with Crippen molar-refractivity contribution in [2.45, 2.75) is 6.54 Å². The van der Waals surface area contributed by atoms with Crippen molar-refractivity contribution in [3.05, 3.63) is 66.1 Å². The lowest BCUT2D eigenvalue weighted by Gasteiger charge is -2.07. The predicted molar refractivity (Wildman–Crippen MR) is 74.6 cm³/mol. The topological polar surface area (TPSA) is 56.7 Å². The lowest BCUT2D eigenvalue weighted by molar-refractivity contribution is 0.625. The molecule has 0 aliphatic heterocycles. The average Bonchev–Trinajstić information content (AvgIpc) is 2.92. The molecule has 2 aromatic carbocycles. The molecule has 100 valence electrons. The molecule has 4 nitrogen and oxygen atoms in total. The van der Waals surface area contributed by atoms with Gasteiger partial charge in [-0.2, -0.15) is 0 Å². The molecule has 0 saturated heterocycles. The SMILES string of the molecule is NCc1nnn(-c2cccc(F)c2)c1-c1ccccc1. The molecule has 5 heteroatoms. The highest BCUT2D eigenvalue weighted by atomic mass is 19.1. The first-order chi connectivity index (χ1) is 9.79. The van der Waals surface area contributed by atoms with E-state index in [9.17, 15) is 4.39 Å². The summed E-state index contributed by atoms with van der Waals surface area (Å²) < 4.78 is 15.0. The monoisotopic (exact) mass is 268 g/mol. The smallest absolute Gasteiger partial charge is 0.125 e. The molecule has 0 radical (unpaired) electrons. The van der Waals surface area contributed by atoms with E-state index in [4.69, 9.17) is 5.73 Å². The summed E-state index contributed by atoms with van der Waals surface area (Å²) in [6, 6.07) is 15.9. The Kier molecular flexibility index (Phi) is 3.26. The van der Waals surface area contributed by atoms with Crippen LogP contribution in [0.15, 0.2) is 54.6 Å². The molecule has 1 heterocycles. The second kappa shape index (κ2) is 5.22. The van der Waals surface area contributed by atoms with Crippen molar-refractivity contribution in [2.75, 3.05) is 0 Å².